The van der Waals surface area contributed by atoms with Gasteiger partial charge in [0.15, 0.2) is 0 Å². The van der Waals surface area contributed by atoms with Crippen LogP contribution >= 0.6 is 15.9 Å². The third-order valence-corrected chi connectivity index (χ3v) is 6.75. The van der Waals surface area contributed by atoms with E-state index in [0.717, 1.165) is 12.1 Å². The lowest BCUT2D eigenvalue weighted by Gasteiger charge is -2.16. The van der Waals surface area contributed by atoms with Gasteiger partial charge >= 0.3 is 0 Å². The van der Waals surface area contributed by atoms with Crippen LogP contribution in [0.5, 0.6) is 0 Å². The lowest BCUT2D eigenvalue weighted by molar-refractivity contribution is 0.0949. The molecule has 1 aliphatic rings. The molecule has 0 atom stereocenters. The zero-order valence-electron chi connectivity index (χ0n) is 15.9. The molecule has 1 aliphatic carbocycles. The Labute approximate surface area is 174 Å². The number of rotatable bonds is 8. The Morgan fingerprint density at radius 2 is 1.96 bits per heavy atom. The molecule has 2 N–H and O–H groups in total. The molecule has 0 saturated heterocycles. The zero-order valence-corrected chi connectivity index (χ0v) is 18.3. The van der Waals surface area contributed by atoms with E-state index in [9.17, 15) is 13.2 Å². The van der Waals surface area contributed by atoms with Crippen LogP contribution in [0.3, 0.4) is 0 Å². The number of anilines is 1. The number of carbonyl (C=O) groups excluding carboxylic acids is 1. The van der Waals surface area contributed by atoms with Crippen molar-refractivity contribution in [3.05, 3.63) is 58.1 Å². The fourth-order valence-electron chi connectivity index (χ4n) is 2.87. The standard InChI is InChI=1S/C20H24BrN3O3S/c1-14-6-9-18(21)19(12-14)23-28(26,27)17-5-3-4-15(13-17)20(25)22-10-11-24(2)16-7-8-16/h3-6,9,12-13,16,23H,7-8,10-11H2,1-2H3,(H,22,25). The molecule has 0 aliphatic heterocycles. The van der Waals surface area contributed by atoms with Crippen LogP contribution in [0.4, 0.5) is 5.69 Å². The first kappa shape index (κ1) is 20.8. The van der Waals surface area contributed by atoms with Crippen molar-refractivity contribution in [2.75, 3.05) is 24.9 Å². The van der Waals surface area contributed by atoms with Gasteiger partial charge in [-0.3, -0.25) is 9.52 Å². The predicted octanol–water partition coefficient (Wildman–Crippen LogP) is 3.38. The summed E-state index contributed by atoms with van der Waals surface area (Å²) in [7, 11) is -1.77. The highest BCUT2D eigenvalue weighted by molar-refractivity contribution is 9.10. The molecule has 1 amide bonds. The van der Waals surface area contributed by atoms with E-state index in [1.54, 1.807) is 24.3 Å². The molecule has 1 fully saturated rings. The van der Waals surface area contributed by atoms with E-state index in [1.807, 2.05) is 20.0 Å². The van der Waals surface area contributed by atoms with Crippen LogP contribution in [0.15, 0.2) is 51.8 Å². The minimum atomic E-state index is -3.81. The van der Waals surface area contributed by atoms with E-state index in [0.29, 0.717) is 28.3 Å². The number of nitrogens with zero attached hydrogens (tertiary/aromatic N) is 1. The van der Waals surface area contributed by atoms with Crippen molar-refractivity contribution in [3.63, 3.8) is 0 Å². The number of benzene rings is 2. The fraction of sp³-hybridized carbons (Fsp3) is 0.350. The van der Waals surface area contributed by atoms with Crippen molar-refractivity contribution >= 4 is 37.5 Å². The summed E-state index contributed by atoms with van der Waals surface area (Å²) in [5, 5.41) is 2.85. The SMILES string of the molecule is Cc1ccc(Br)c(NS(=O)(=O)c2cccc(C(=O)NCCN(C)C3CC3)c2)c1. The molecule has 150 valence electrons. The zero-order chi connectivity index (χ0) is 20.3. The normalized spacial score (nSPS) is 14.1. The number of sulfonamides is 1. The Kier molecular flexibility index (Phi) is 6.42. The number of amides is 1. The van der Waals surface area contributed by atoms with E-state index >= 15 is 0 Å². The number of halogens is 1. The van der Waals surface area contributed by atoms with Gasteiger partial charge < -0.3 is 10.2 Å². The molecule has 0 aromatic heterocycles. The summed E-state index contributed by atoms with van der Waals surface area (Å²) in [4.78, 5) is 14.7. The Morgan fingerprint density at radius 1 is 1.21 bits per heavy atom. The average Bonchev–Trinajstić information content (AvgIpc) is 3.50. The monoisotopic (exact) mass is 465 g/mol. The van der Waals surface area contributed by atoms with Gasteiger partial charge in [0.25, 0.3) is 15.9 Å². The summed E-state index contributed by atoms with van der Waals surface area (Å²) < 4.78 is 28.7. The van der Waals surface area contributed by atoms with E-state index in [4.69, 9.17) is 0 Å². The van der Waals surface area contributed by atoms with Crippen molar-refractivity contribution in [2.45, 2.75) is 30.7 Å². The van der Waals surface area contributed by atoms with E-state index in [-0.39, 0.29) is 10.8 Å². The number of carbonyl (C=O) groups is 1. The Bertz CT molecular complexity index is 974. The van der Waals surface area contributed by atoms with Crippen molar-refractivity contribution < 1.29 is 13.2 Å². The molecule has 0 heterocycles. The minimum Gasteiger partial charge on any atom is -0.351 e. The minimum absolute atomic E-state index is 0.0451. The van der Waals surface area contributed by atoms with Crippen molar-refractivity contribution in [3.8, 4) is 0 Å². The lowest BCUT2D eigenvalue weighted by atomic mass is 10.2. The first-order valence-corrected chi connectivity index (χ1v) is 11.4. The molecule has 1 saturated carbocycles. The maximum atomic E-state index is 12.8. The van der Waals surface area contributed by atoms with E-state index < -0.39 is 10.0 Å². The van der Waals surface area contributed by atoms with Crippen LogP contribution in [-0.4, -0.2) is 45.4 Å². The number of aryl methyl sites for hydroxylation is 1. The van der Waals surface area contributed by atoms with Crippen LogP contribution in [0, 0.1) is 6.92 Å². The van der Waals surface area contributed by atoms with Crippen molar-refractivity contribution in [2.24, 2.45) is 0 Å². The lowest BCUT2D eigenvalue weighted by Crippen LogP contribution is -2.34. The number of hydrogen-bond donors (Lipinski definition) is 2. The molecule has 3 rings (SSSR count). The van der Waals surface area contributed by atoms with Gasteiger partial charge in [-0.05, 0) is 78.6 Å². The molecule has 2 aromatic carbocycles. The Hall–Kier alpha value is -1.90. The van der Waals surface area contributed by atoms with Gasteiger partial charge in [0, 0.05) is 29.2 Å². The van der Waals surface area contributed by atoms with Gasteiger partial charge in [-0.15, -0.1) is 0 Å². The fourth-order valence-corrected chi connectivity index (χ4v) is 4.46. The van der Waals surface area contributed by atoms with E-state index in [2.05, 4.69) is 30.9 Å². The summed E-state index contributed by atoms with van der Waals surface area (Å²) in [6, 6.07) is 12.1. The summed E-state index contributed by atoms with van der Waals surface area (Å²) >= 11 is 3.35. The van der Waals surface area contributed by atoms with Gasteiger partial charge in [-0.1, -0.05) is 12.1 Å². The summed E-state index contributed by atoms with van der Waals surface area (Å²) in [5.41, 5.74) is 1.71. The van der Waals surface area contributed by atoms with Gasteiger partial charge in [0.05, 0.1) is 10.6 Å². The van der Waals surface area contributed by atoms with Crippen molar-refractivity contribution in [1.29, 1.82) is 0 Å². The average molecular weight is 466 g/mol. The molecule has 0 radical (unpaired) electrons. The quantitative estimate of drug-likeness (QED) is 0.626. The number of likely N-dealkylation sites (N-methyl/N-ethyl adjacent to an activating group) is 1. The smallest absolute Gasteiger partial charge is 0.261 e. The van der Waals surface area contributed by atoms with Crippen LogP contribution in [0.2, 0.25) is 0 Å². The van der Waals surface area contributed by atoms with Crippen LogP contribution in [0.1, 0.15) is 28.8 Å². The Balaban J connectivity index is 1.68. The second-order valence-electron chi connectivity index (χ2n) is 7.08. The van der Waals surface area contributed by atoms with Crippen molar-refractivity contribution in [1.82, 2.24) is 10.2 Å². The molecule has 2 aromatic rings. The van der Waals surface area contributed by atoms with Gasteiger partial charge in [0.1, 0.15) is 0 Å². The third-order valence-electron chi connectivity index (χ3n) is 4.69. The first-order valence-electron chi connectivity index (χ1n) is 9.14. The Morgan fingerprint density at radius 3 is 2.68 bits per heavy atom. The summed E-state index contributed by atoms with van der Waals surface area (Å²) in [5.74, 6) is -0.280. The van der Waals surface area contributed by atoms with Gasteiger partial charge in [-0.25, -0.2) is 8.42 Å². The molecule has 0 unspecified atom stereocenters. The molecular formula is C20H24BrN3O3S. The highest BCUT2D eigenvalue weighted by Gasteiger charge is 2.25. The summed E-state index contributed by atoms with van der Waals surface area (Å²) in [6.45, 7) is 3.19. The topological polar surface area (TPSA) is 78.5 Å². The van der Waals surface area contributed by atoms with Crippen LogP contribution in [-0.2, 0) is 10.0 Å². The molecule has 8 heteroatoms. The predicted molar refractivity (Wildman–Crippen MR) is 114 cm³/mol. The van der Waals surface area contributed by atoms with Gasteiger partial charge in [-0.2, -0.15) is 0 Å². The number of hydrogen-bond acceptors (Lipinski definition) is 4. The van der Waals surface area contributed by atoms with Crippen LogP contribution in [0.25, 0.3) is 0 Å². The highest BCUT2D eigenvalue weighted by atomic mass is 79.9. The third kappa shape index (κ3) is 5.33. The largest absolute Gasteiger partial charge is 0.351 e. The first-order chi connectivity index (χ1) is 13.3. The second-order valence-corrected chi connectivity index (χ2v) is 9.62. The van der Waals surface area contributed by atoms with Gasteiger partial charge in [0.2, 0.25) is 0 Å². The highest BCUT2D eigenvalue weighted by Crippen LogP contribution is 2.26. The maximum Gasteiger partial charge on any atom is 0.261 e. The molecule has 0 spiro atoms. The summed E-state index contributed by atoms with van der Waals surface area (Å²) in [6.07, 6.45) is 2.43. The van der Waals surface area contributed by atoms with Crippen LogP contribution < -0.4 is 10.0 Å². The molecule has 6 nitrogen and oxygen atoms in total. The molecular weight excluding hydrogens is 442 g/mol. The van der Waals surface area contributed by atoms with E-state index in [1.165, 1.54) is 25.0 Å². The second kappa shape index (κ2) is 8.63. The molecule has 0 bridgehead atoms. The maximum absolute atomic E-state index is 12.8. The molecule has 28 heavy (non-hydrogen) atoms. The number of nitrogens with one attached hydrogen (secondary N) is 2.